The molecule has 0 radical (unpaired) electrons. The van der Waals surface area contributed by atoms with Crippen LogP contribution in [0, 0.1) is 5.92 Å². The van der Waals surface area contributed by atoms with Gasteiger partial charge in [-0.05, 0) is 12.1 Å². The summed E-state index contributed by atoms with van der Waals surface area (Å²) in [5, 5.41) is 16.4. The van der Waals surface area contributed by atoms with E-state index in [4.69, 9.17) is 4.52 Å². The average Bonchev–Trinajstić information content (AvgIpc) is 2.86. The lowest BCUT2D eigenvalue weighted by molar-refractivity contribution is -0.142. The molecule has 2 aromatic rings. The summed E-state index contributed by atoms with van der Waals surface area (Å²) in [6.07, 6.45) is 1.71. The van der Waals surface area contributed by atoms with Crippen LogP contribution in [0.4, 0.5) is 0 Å². The van der Waals surface area contributed by atoms with Gasteiger partial charge in [-0.15, -0.1) is 0 Å². The van der Waals surface area contributed by atoms with Gasteiger partial charge in [-0.3, -0.25) is 14.7 Å². The second kappa shape index (κ2) is 6.67. The first kappa shape index (κ1) is 14.7. The van der Waals surface area contributed by atoms with Crippen LogP contribution in [0.1, 0.15) is 5.76 Å². The average molecular weight is 302 g/mol. The molecule has 0 bridgehead atoms. The minimum absolute atomic E-state index is 0.402. The van der Waals surface area contributed by atoms with E-state index in [-0.39, 0.29) is 0 Å². The van der Waals surface area contributed by atoms with Gasteiger partial charge < -0.3 is 14.9 Å². The molecule has 1 saturated heterocycles. The van der Waals surface area contributed by atoms with E-state index in [1.807, 2.05) is 24.3 Å². The molecule has 1 atom stereocenters. The van der Waals surface area contributed by atoms with Crippen LogP contribution in [0.2, 0.25) is 0 Å². The highest BCUT2D eigenvalue weighted by molar-refractivity contribution is 5.70. The number of rotatable bonds is 4. The first-order valence-electron chi connectivity index (χ1n) is 7.25. The van der Waals surface area contributed by atoms with E-state index in [0.29, 0.717) is 31.1 Å². The molecule has 0 aromatic carbocycles. The first-order valence-corrected chi connectivity index (χ1v) is 7.25. The van der Waals surface area contributed by atoms with Gasteiger partial charge in [-0.1, -0.05) is 11.2 Å². The van der Waals surface area contributed by atoms with Crippen LogP contribution in [0.5, 0.6) is 0 Å². The summed E-state index contributed by atoms with van der Waals surface area (Å²) in [7, 11) is 0. The van der Waals surface area contributed by atoms with E-state index >= 15 is 0 Å². The highest BCUT2D eigenvalue weighted by Gasteiger charge is 2.24. The number of hydrogen-bond donors (Lipinski definition) is 2. The molecule has 1 aliphatic rings. The van der Waals surface area contributed by atoms with Gasteiger partial charge in [0.1, 0.15) is 5.69 Å². The maximum atomic E-state index is 11.2. The highest BCUT2D eigenvalue weighted by Crippen LogP contribution is 2.18. The lowest BCUT2D eigenvalue weighted by atomic mass is 10.1. The summed E-state index contributed by atoms with van der Waals surface area (Å²) in [5.41, 5.74) is 1.46. The molecule has 7 nitrogen and oxygen atoms in total. The van der Waals surface area contributed by atoms with E-state index < -0.39 is 11.9 Å². The number of aromatic nitrogens is 2. The van der Waals surface area contributed by atoms with Gasteiger partial charge in [0.05, 0.1) is 18.2 Å². The molecule has 0 amide bonds. The van der Waals surface area contributed by atoms with E-state index in [9.17, 15) is 9.90 Å². The van der Waals surface area contributed by atoms with Gasteiger partial charge in [0.2, 0.25) is 0 Å². The van der Waals surface area contributed by atoms with Gasteiger partial charge >= 0.3 is 5.97 Å². The summed E-state index contributed by atoms with van der Waals surface area (Å²) in [6, 6.07) is 7.48. The molecule has 2 aromatic heterocycles. The second-order valence-corrected chi connectivity index (χ2v) is 5.37. The normalized spacial score (nSPS) is 19.7. The summed E-state index contributed by atoms with van der Waals surface area (Å²) in [6.45, 7) is 3.10. The Bertz CT molecular complexity index is 629. The number of hydrogen-bond acceptors (Lipinski definition) is 6. The monoisotopic (exact) mass is 302 g/mol. The molecular weight excluding hydrogens is 284 g/mol. The molecule has 1 aliphatic heterocycles. The van der Waals surface area contributed by atoms with E-state index in [1.54, 1.807) is 6.20 Å². The summed E-state index contributed by atoms with van der Waals surface area (Å²) in [4.78, 5) is 17.5. The molecule has 0 saturated carbocycles. The SMILES string of the molecule is O=C(O)[C@H]1CNCCN(Cc2cc(-c3ccccn3)no2)C1. The molecule has 2 N–H and O–H groups in total. The smallest absolute Gasteiger partial charge is 0.309 e. The Morgan fingerprint density at radius 3 is 3.14 bits per heavy atom. The Kier molecular flexibility index (Phi) is 4.45. The van der Waals surface area contributed by atoms with E-state index in [1.165, 1.54) is 0 Å². The van der Waals surface area contributed by atoms with Gasteiger partial charge in [0.15, 0.2) is 5.76 Å². The number of nitrogens with zero attached hydrogens (tertiary/aromatic N) is 3. The summed E-state index contributed by atoms with van der Waals surface area (Å²) < 4.78 is 5.36. The quantitative estimate of drug-likeness (QED) is 0.864. The van der Waals surface area contributed by atoms with Gasteiger partial charge in [0, 0.05) is 38.4 Å². The van der Waals surface area contributed by atoms with Crippen LogP contribution in [0.15, 0.2) is 35.0 Å². The molecule has 7 heteroatoms. The van der Waals surface area contributed by atoms with Crippen LogP contribution >= 0.6 is 0 Å². The Hall–Kier alpha value is -2.25. The van der Waals surface area contributed by atoms with Crippen molar-refractivity contribution in [2.24, 2.45) is 5.92 Å². The van der Waals surface area contributed by atoms with Crippen molar-refractivity contribution >= 4 is 5.97 Å². The third-order valence-electron chi connectivity index (χ3n) is 3.69. The minimum atomic E-state index is -0.772. The largest absolute Gasteiger partial charge is 0.481 e. The molecule has 22 heavy (non-hydrogen) atoms. The molecule has 3 rings (SSSR count). The van der Waals surface area contributed by atoms with Crippen LogP contribution < -0.4 is 5.32 Å². The predicted molar refractivity (Wildman–Crippen MR) is 79.0 cm³/mol. The fraction of sp³-hybridized carbons (Fsp3) is 0.400. The topological polar surface area (TPSA) is 91.5 Å². The lowest BCUT2D eigenvalue weighted by Crippen LogP contribution is -2.33. The Morgan fingerprint density at radius 1 is 1.45 bits per heavy atom. The first-order chi connectivity index (χ1) is 10.7. The van der Waals surface area contributed by atoms with Crippen LogP contribution in [0.25, 0.3) is 11.4 Å². The van der Waals surface area contributed by atoms with Crippen LogP contribution in [-0.4, -0.2) is 52.3 Å². The summed E-state index contributed by atoms with van der Waals surface area (Å²) in [5.74, 6) is -0.460. The Balaban J connectivity index is 1.68. The molecular formula is C15H18N4O3. The minimum Gasteiger partial charge on any atom is -0.481 e. The number of aliphatic carboxylic acids is 1. The van der Waals surface area contributed by atoms with Crippen molar-refractivity contribution in [3.8, 4) is 11.4 Å². The number of carboxylic acid groups (broad SMARTS) is 1. The fourth-order valence-corrected chi connectivity index (χ4v) is 2.53. The third-order valence-corrected chi connectivity index (χ3v) is 3.69. The van der Waals surface area contributed by atoms with Crippen molar-refractivity contribution < 1.29 is 14.4 Å². The number of carbonyl (C=O) groups is 1. The maximum Gasteiger partial charge on any atom is 0.309 e. The van der Waals surface area contributed by atoms with Crippen molar-refractivity contribution in [2.45, 2.75) is 6.54 Å². The molecule has 3 heterocycles. The van der Waals surface area contributed by atoms with Crippen LogP contribution in [-0.2, 0) is 11.3 Å². The number of pyridine rings is 1. The zero-order valence-corrected chi connectivity index (χ0v) is 12.1. The third kappa shape index (κ3) is 3.49. The van der Waals surface area contributed by atoms with Crippen molar-refractivity contribution in [2.75, 3.05) is 26.2 Å². The predicted octanol–water partition coefficient (Wildman–Crippen LogP) is 0.843. The van der Waals surface area contributed by atoms with Gasteiger partial charge in [-0.25, -0.2) is 0 Å². The molecule has 0 aliphatic carbocycles. The van der Waals surface area contributed by atoms with Crippen LogP contribution in [0.3, 0.4) is 0 Å². The standard InChI is InChI=1S/C15H18N4O3/c20-15(21)11-8-16-5-6-19(9-11)10-12-7-14(18-22-12)13-3-1-2-4-17-13/h1-4,7,11,16H,5-6,8-10H2,(H,20,21)/t11-/m0/s1. The molecule has 1 fully saturated rings. The van der Waals surface area contributed by atoms with Crippen molar-refractivity contribution in [1.82, 2.24) is 20.4 Å². The van der Waals surface area contributed by atoms with Gasteiger partial charge in [-0.2, -0.15) is 0 Å². The van der Waals surface area contributed by atoms with E-state index in [0.717, 1.165) is 18.8 Å². The second-order valence-electron chi connectivity index (χ2n) is 5.37. The Morgan fingerprint density at radius 2 is 2.36 bits per heavy atom. The molecule has 116 valence electrons. The van der Waals surface area contributed by atoms with Crippen molar-refractivity contribution in [1.29, 1.82) is 0 Å². The lowest BCUT2D eigenvalue weighted by Gasteiger charge is -2.20. The zero-order chi connectivity index (χ0) is 15.4. The highest BCUT2D eigenvalue weighted by atomic mass is 16.5. The zero-order valence-electron chi connectivity index (χ0n) is 12.1. The van der Waals surface area contributed by atoms with Crippen molar-refractivity contribution in [3.63, 3.8) is 0 Å². The number of nitrogens with one attached hydrogen (secondary N) is 1. The maximum absolute atomic E-state index is 11.2. The van der Waals surface area contributed by atoms with Gasteiger partial charge in [0.25, 0.3) is 0 Å². The fourth-order valence-electron chi connectivity index (χ4n) is 2.53. The number of carboxylic acids is 1. The van der Waals surface area contributed by atoms with E-state index in [2.05, 4.69) is 20.4 Å². The van der Waals surface area contributed by atoms with Crippen molar-refractivity contribution in [3.05, 3.63) is 36.2 Å². The molecule has 0 spiro atoms. The molecule has 0 unspecified atom stereocenters. The summed E-state index contributed by atoms with van der Waals surface area (Å²) >= 11 is 0. The Labute approximate surface area is 127 Å².